The Bertz CT molecular complexity index is 628. The lowest BCUT2D eigenvalue weighted by atomic mass is 10.2. The van der Waals surface area contributed by atoms with Gasteiger partial charge in [-0.05, 0) is 6.42 Å². The fourth-order valence-corrected chi connectivity index (χ4v) is 1.65. The van der Waals surface area contributed by atoms with E-state index in [9.17, 15) is 9.59 Å². The molecule has 5 N–H and O–H groups in total. The van der Waals surface area contributed by atoms with Gasteiger partial charge in [-0.3, -0.25) is 19.9 Å². The quantitative estimate of drug-likeness (QED) is 0.645. The van der Waals surface area contributed by atoms with Crippen LogP contribution < -0.4 is 16.6 Å². The van der Waals surface area contributed by atoms with Crippen LogP contribution in [0.2, 0.25) is 0 Å². The monoisotopic (exact) mass is 249 g/mol. The van der Waals surface area contributed by atoms with Crippen LogP contribution in [-0.2, 0) is 4.79 Å². The molecule has 1 amide bonds. The summed E-state index contributed by atoms with van der Waals surface area (Å²) in [6.07, 6.45) is 3.64. The molecular formula is C11H15N5O2. The summed E-state index contributed by atoms with van der Waals surface area (Å²) in [4.78, 5) is 32.6. The fourth-order valence-electron chi connectivity index (χ4n) is 1.65. The molecule has 2 aromatic heterocycles. The fraction of sp³-hybridized carbons (Fsp3) is 0.364. The van der Waals surface area contributed by atoms with Gasteiger partial charge in [-0.2, -0.15) is 4.98 Å². The third-order valence-corrected chi connectivity index (χ3v) is 2.59. The summed E-state index contributed by atoms with van der Waals surface area (Å²) in [5, 5.41) is 2.86. The summed E-state index contributed by atoms with van der Waals surface area (Å²) in [5.74, 6) is -0.0330. The Morgan fingerprint density at radius 3 is 3.06 bits per heavy atom. The smallest absolute Gasteiger partial charge is 0.263 e. The van der Waals surface area contributed by atoms with Gasteiger partial charge in [0.25, 0.3) is 5.56 Å². The zero-order valence-corrected chi connectivity index (χ0v) is 10.0. The number of carbonyl (C=O) groups is 1. The maximum atomic E-state index is 11.7. The molecule has 0 unspecified atom stereocenters. The molecule has 0 aliphatic rings. The van der Waals surface area contributed by atoms with E-state index in [0.717, 1.165) is 12.8 Å². The summed E-state index contributed by atoms with van der Waals surface area (Å²) < 4.78 is 0. The maximum Gasteiger partial charge on any atom is 0.263 e. The first-order valence-electron chi connectivity index (χ1n) is 5.78. The highest BCUT2D eigenvalue weighted by Crippen LogP contribution is 2.14. The number of carbonyl (C=O) groups excluding carboxylic acids is 1. The van der Waals surface area contributed by atoms with Crippen molar-refractivity contribution in [3.63, 3.8) is 0 Å². The number of anilines is 2. The minimum Gasteiger partial charge on any atom is -0.397 e. The van der Waals surface area contributed by atoms with Crippen molar-refractivity contribution in [2.45, 2.75) is 26.2 Å². The first-order valence-corrected chi connectivity index (χ1v) is 5.78. The summed E-state index contributed by atoms with van der Waals surface area (Å²) in [6, 6.07) is 0. The van der Waals surface area contributed by atoms with Crippen molar-refractivity contribution in [1.29, 1.82) is 0 Å². The van der Waals surface area contributed by atoms with E-state index in [1.54, 1.807) is 0 Å². The van der Waals surface area contributed by atoms with Crippen LogP contribution in [0.1, 0.15) is 26.2 Å². The predicted molar refractivity (Wildman–Crippen MR) is 69.3 cm³/mol. The molecule has 0 saturated heterocycles. The number of hydrogen-bond acceptors (Lipinski definition) is 4. The lowest BCUT2D eigenvalue weighted by Crippen LogP contribution is -2.18. The minimum absolute atomic E-state index is 0.135. The van der Waals surface area contributed by atoms with Gasteiger partial charge in [0.15, 0.2) is 0 Å². The van der Waals surface area contributed by atoms with Crippen molar-refractivity contribution in [3.05, 3.63) is 16.6 Å². The SMILES string of the molecule is CCCCC(=O)Nc1nc2[nH]cc(N)c2c(=O)[nH]1. The Balaban J connectivity index is 2.25. The van der Waals surface area contributed by atoms with Gasteiger partial charge in [0.1, 0.15) is 11.0 Å². The summed E-state index contributed by atoms with van der Waals surface area (Å²) >= 11 is 0. The van der Waals surface area contributed by atoms with Gasteiger partial charge in [-0.1, -0.05) is 13.3 Å². The predicted octanol–water partition coefficient (Wildman–Crippen LogP) is 0.962. The average Bonchev–Trinajstić information content (AvgIpc) is 2.68. The minimum atomic E-state index is -0.371. The zero-order chi connectivity index (χ0) is 13.1. The molecule has 2 aromatic rings. The van der Waals surface area contributed by atoms with Crippen LogP contribution in [0.4, 0.5) is 11.6 Å². The van der Waals surface area contributed by atoms with E-state index in [1.165, 1.54) is 6.20 Å². The number of nitrogens with two attached hydrogens (primary N) is 1. The molecule has 0 radical (unpaired) electrons. The molecular weight excluding hydrogens is 234 g/mol. The highest BCUT2D eigenvalue weighted by Gasteiger charge is 2.10. The van der Waals surface area contributed by atoms with Crippen molar-refractivity contribution in [2.24, 2.45) is 0 Å². The number of nitrogen functional groups attached to an aromatic ring is 1. The molecule has 0 atom stereocenters. The van der Waals surface area contributed by atoms with Gasteiger partial charge in [-0.15, -0.1) is 0 Å². The molecule has 0 aliphatic heterocycles. The normalized spacial score (nSPS) is 10.7. The number of aromatic amines is 2. The van der Waals surface area contributed by atoms with Gasteiger partial charge in [-0.25, -0.2) is 0 Å². The van der Waals surface area contributed by atoms with Crippen molar-refractivity contribution in [2.75, 3.05) is 11.1 Å². The number of rotatable bonds is 4. The van der Waals surface area contributed by atoms with E-state index in [-0.39, 0.29) is 17.4 Å². The summed E-state index contributed by atoms with van der Waals surface area (Å²) in [6.45, 7) is 2.00. The molecule has 18 heavy (non-hydrogen) atoms. The van der Waals surface area contributed by atoms with E-state index >= 15 is 0 Å². The van der Waals surface area contributed by atoms with E-state index in [1.807, 2.05) is 6.92 Å². The Hall–Kier alpha value is -2.31. The second-order valence-electron chi connectivity index (χ2n) is 4.03. The first kappa shape index (κ1) is 12.2. The van der Waals surface area contributed by atoms with Crippen LogP contribution >= 0.6 is 0 Å². The van der Waals surface area contributed by atoms with Crippen LogP contribution in [0.15, 0.2) is 11.0 Å². The van der Waals surface area contributed by atoms with Crippen molar-refractivity contribution >= 4 is 28.6 Å². The summed E-state index contributed by atoms with van der Waals surface area (Å²) in [5.41, 5.74) is 5.94. The number of fused-ring (bicyclic) bond motifs is 1. The molecule has 96 valence electrons. The number of amides is 1. The molecule has 0 saturated carbocycles. The molecule has 0 aromatic carbocycles. The van der Waals surface area contributed by atoms with Crippen LogP contribution in [0, 0.1) is 0 Å². The highest BCUT2D eigenvalue weighted by atomic mass is 16.2. The zero-order valence-electron chi connectivity index (χ0n) is 10.0. The first-order chi connectivity index (χ1) is 8.61. The molecule has 7 heteroatoms. The third-order valence-electron chi connectivity index (χ3n) is 2.59. The van der Waals surface area contributed by atoms with Gasteiger partial charge in [0, 0.05) is 12.6 Å². The number of nitrogens with one attached hydrogen (secondary N) is 3. The van der Waals surface area contributed by atoms with Crippen LogP contribution in [0.5, 0.6) is 0 Å². The molecule has 2 heterocycles. The molecule has 0 aliphatic carbocycles. The second kappa shape index (κ2) is 4.91. The van der Waals surface area contributed by atoms with Gasteiger partial charge >= 0.3 is 0 Å². The van der Waals surface area contributed by atoms with Gasteiger partial charge in [0.2, 0.25) is 11.9 Å². The van der Waals surface area contributed by atoms with Gasteiger partial charge < -0.3 is 10.7 Å². The Morgan fingerprint density at radius 1 is 1.56 bits per heavy atom. The van der Waals surface area contributed by atoms with Gasteiger partial charge in [0.05, 0.1) is 5.69 Å². The number of aromatic nitrogens is 3. The topological polar surface area (TPSA) is 117 Å². The molecule has 2 rings (SSSR count). The molecule has 0 fully saturated rings. The average molecular weight is 249 g/mol. The van der Waals surface area contributed by atoms with Crippen LogP contribution in [0.3, 0.4) is 0 Å². The Labute approximate surface area is 103 Å². The molecule has 0 bridgehead atoms. The lowest BCUT2D eigenvalue weighted by Gasteiger charge is -2.03. The standard InChI is InChI=1S/C11H15N5O2/c1-2-3-4-7(17)14-11-15-9-8(10(18)16-11)6(12)5-13-9/h5H,2-4,12H2,1H3,(H3,13,14,15,16,17,18). The lowest BCUT2D eigenvalue weighted by molar-refractivity contribution is -0.116. The Kier molecular flexibility index (Phi) is 3.31. The third kappa shape index (κ3) is 2.34. The van der Waals surface area contributed by atoms with E-state index < -0.39 is 0 Å². The number of H-pyrrole nitrogens is 2. The van der Waals surface area contributed by atoms with Crippen LogP contribution in [0.25, 0.3) is 11.0 Å². The van der Waals surface area contributed by atoms with E-state index in [2.05, 4.69) is 20.3 Å². The number of hydrogen-bond donors (Lipinski definition) is 4. The Morgan fingerprint density at radius 2 is 2.33 bits per heavy atom. The van der Waals surface area contributed by atoms with Crippen molar-refractivity contribution in [1.82, 2.24) is 15.0 Å². The second-order valence-corrected chi connectivity index (χ2v) is 4.03. The van der Waals surface area contributed by atoms with E-state index in [0.29, 0.717) is 23.1 Å². The molecule has 7 nitrogen and oxygen atoms in total. The number of unbranched alkanes of at least 4 members (excludes halogenated alkanes) is 1. The highest BCUT2D eigenvalue weighted by molar-refractivity contribution is 5.92. The van der Waals surface area contributed by atoms with Crippen molar-refractivity contribution < 1.29 is 4.79 Å². The largest absolute Gasteiger partial charge is 0.397 e. The maximum absolute atomic E-state index is 11.7. The number of nitrogens with zero attached hydrogens (tertiary/aromatic N) is 1. The molecule has 0 spiro atoms. The van der Waals surface area contributed by atoms with Crippen molar-refractivity contribution in [3.8, 4) is 0 Å². The van der Waals surface area contributed by atoms with Crippen LogP contribution in [-0.4, -0.2) is 20.9 Å². The summed E-state index contributed by atoms with van der Waals surface area (Å²) in [7, 11) is 0. The van der Waals surface area contributed by atoms with E-state index in [4.69, 9.17) is 5.73 Å².